The Morgan fingerprint density at radius 2 is 2.00 bits per heavy atom. The van der Waals surface area contributed by atoms with Crippen LogP contribution in [-0.4, -0.2) is 25.1 Å². The molecule has 5 heteroatoms. The first-order valence-corrected chi connectivity index (χ1v) is 11.6. The van der Waals surface area contributed by atoms with Gasteiger partial charge in [-0.05, 0) is 87.4 Å². The van der Waals surface area contributed by atoms with E-state index < -0.39 is 5.91 Å². The van der Waals surface area contributed by atoms with Crippen LogP contribution in [0.4, 0.5) is 11.4 Å². The maximum absolute atomic E-state index is 12.9. The Hall–Kier alpha value is -3.26. The number of anilines is 2. The smallest absolute Gasteiger partial charge is 0.266 e. The summed E-state index contributed by atoms with van der Waals surface area (Å²) in [5.74, 6) is 0.588. The summed E-state index contributed by atoms with van der Waals surface area (Å²) in [4.78, 5) is 15.3. The summed E-state index contributed by atoms with van der Waals surface area (Å²) in [6.45, 7) is 14.0. The number of amides is 1. The highest BCUT2D eigenvalue weighted by Gasteiger charge is 2.36. The Morgan fingerprint density at radius 1 is 1.27 bits per heavy atom. The van der Waals surface area contributed by atoms with Crippen LogP contribution in [0.2, 0.25) is 0 Å². The standard InChI is InChI=1S/C28H35N3O2/c1-8-11-31-25-15-26(33-7)21(14-24(25)20(4)16-28(31,5)6)13-22(17-29)27(32)30-23-10-9-18(2)19(3)12-23/h9-10,12-15,20H,8,11,16H2,1-7H3,(H,30,32)/b22-13+. The van der Waals surface area contributed by atoms with E-state index in [1.165, 1.54) is 11.3 Å². The summed E-state index contributed by atoms with van der Waals surface area (Å²) < 4.78 is 5.70. The highest BCUT2D eigenvalue weighted by atomic mass is 16.5. The van der Waals surface area contributed by atoms with Gasteiger partial charge in [0.1, 0.15) is 17.4 Å². The van der Waals surface area contributed by atoms with Crippen molar-refractivity contribution >= 4 is 23.4 Å². The fourth-order valence-corrected chi connectivity index (χ4v) is 4.79. The van der Waals surface area contributed by atoms with Gasteiger partial charge in [0.25, 0.3) is 5.91 Å². The van der Waals surface area contributed by atoms with Crippen molar-refractivity contribution in [2.24, 2.45) is 0 Å². The molecular weight excluding hydrogens is 410 g/mol. The maximum atomic E-state index is 12.9. The Bertz CT molecular complexity index is 1120. The van der Waals surface area contributed by atoms with Crippen molar-refractivity contribution in [2.45, 2.75) is 65.8 Å². The van der Waals surface area contributed by atoms with Gasteiger partial charge in [-0.25, -0.2) is 0 Å². The van der Waals surface area contributed by atoms with Crippen LogP contribution in [0.5, 0.6) is 5.75 Å². The molecule has 0 fully saturated rings. The minimum atomic E-state index is -0.428. The number of nitriles is 1. The number of fused-ring (bicyclic) bond motifs is 1. The van der Waals surface area contributed by atoms with Crippen molar-refractivity contribution in [2.75, 3.05) is 23.9 Å². The molecule has 0 saturated heterocycles. The first-order valence-electron chi connectivity index (χ1n) is 11.6. The lowest BCUT2D eigenvalue weighted by Gasteiger charge is -2.47. The number of rotatable bonds is 6. The minimum absolute atomic E-state index is 0.0423. The lowest BCUT2D eigenvalue weighted by Crippen LogP contribution is -2.48. The number of carbonyl (C=O) groups is 1. The second-order valence-corrected chi connectivity index (χ2v) is 9.65. The molecule has 1 atom stereocenters. The van der Waals surface area contributed by atoms with Gasteiger partial charge in [0, 0.05) is 35.1 Å². The largest absolute Gasteiger partial charge is 0.496 e. The number of methoxy groups -OCH3 is 1. The number of aryl methyl sites for hydroxylation is 2. The fraction of sp³-hybridized carbons (Fsp3) is 0.429. The van der Waals surface area contributed by atoms with Gasteiger partial charge in [0.2, 0.25) is 0 Å². The van der Waals surface area contributed by atoms with Gasteiger partial charge in [0.15, 0.2) is 0 Å². The Labute approximate surface area is 198 Å². The van der Waals surface area contributed by atoms with Crippen molar-refractivity contribution < 1.29 is 9.53 Å². The predicted octanol–water partition coefficient (Wildman–Crippen LogP) is 6.36. The van der Waals surface area contributed by atoms with Gasteiger partial charge in [-0.3, -0.25) is 4.79 Å². The van der Waals surface area contributed by atoms with Gasteiger partial charge in [-0.1, -0.05) is 19.9 Å². The van der Waals surface area contributed by atoms with Gasteiger partial charge in [0.05, 0.1) is 7.11 Å². The van der Waals surface area contributed by atoms with Gasteiger partial charge in [-0.2, -0.15) is 5.26 Å². The summed E-state index contributed by atoms with van der Waals surface area (Å²) in [5.41, 5.74) is 6.14. The van der Waals surface area contributed by atoms with Crippen molar-refractivity contribution in [3.8, 4) is 11.8 Å². The van der Waals surface area contributed by atoms with Gasteiger partial charge in [-0.15, -0.1) is 0 Å². The SMILES string of the molecule is CCCN1c2cc(OC)c(/C=C(\C#N)C(=O)Nc3ccc(C)c(C)c3)cc2C(C)CC1(C)C. The number of ether oxygens (including phenoxy) is 1. The van der Waals surface area contributed by atoms with E-state index in [9.17, 15) is 10.1 Å². The number of hydrogen-bond acceptors (Lipinski definition) is 4. The van der Waals surface area contributed by atoms with Crippen LogP contribution in [0.25, 0.3) is 6.08 Å². The van der Waals surface area contributed by atoms with Crippen LogP contribution in [0, 0.1) is 25.2 Å². The molecule has 0 aliphatic carbocycles. The van der Waals surface area contributed by atoms with Crippen LogP contribution in [0.3, 0.4) is 0 Å². The molecule has 2 aromatic rings. The molecule has 0 aromatic heterocycles. The van der Waals surface area contributed by atoms with E-state index in [1.807, 2.05) is 32.0 Å². The van der Waals surface area contributed by atoms with Crippen LogP contribution in [0.15, 0.2) is 35.9 Å². The summed E-state index contributed by atoms with van der Waals surface area (Å²) in [6, 6.07) is 11.9. The summed E-state index contributed by atoms with van der Waals surface area (Å²) in [6.07, 6.45) is 3.72. The molecule has 2 aromatic carbocycles. The molecule has 0 bridgehead atoms. The molecule has 33 heavy (non-hydrogen) atoms. The van der Waals surface area contributed by atoms with Crippen LogP contribution in [-0.2, 0) is 4.79 Å². The molecule has 1 amide bonds. The first-order chi connectivity index (χ1) is 15.6. The summed E-state index contributed by atoms with van der Waals surface area (Å²) >= 11 is 0. The summed E-state index contributed by atoms with van der Waals surface area (Å²) in [5, 5.41) is 12.6. The Morgan fingerprint density at radius 3 is 2.61 bits per heavy atom. The monoisotopic (exact) mass is 445 g/mol. The number of carbonyl (C=O) groups excluding carboxylic acids is 1. The molecule has 0 radical (unpaired) electrons. The Balaban J connectivity index is 2.01. The molecule has 5 nitrogen and oxygen atoms in total. The zero-order valence-electron chi connectivity index (χ0n) is 20.9. The van der Waals surface area contributed by atoms with Crippen molar-refractivity contribution in [1.29, 1.82) is 5.26 Å². The molecule has 1 aliphatic rings. The number of nitrogens with zero attached hydrogens (tertiary/aromatic N) is 2. The topological polar surface area (TPSA) is 65.4 Å². The minimum Gasteiger partial charge on any atom is -0.496 e. The average molecular weight is 446 g/mol. The third-order valence-electron chi connectivity index (χ3n) is 6.61. The molecule has 0 saturated carbocycles. The van der Waals surface area contributed by atoms with E-state index in [0.717, 1.165) is 36.1 Å². The zero-order chi connectivity index (χ0) is 24.3. The fourth-order valence-electron chi connectivity index (χ4n) is 4.79. The highest BCUT2D eigenvalue weighted by Crippen LogP contribution is 2.46. The van der Waals surface area contributed by atoms with Crippen LogP contribution in [0.1, 0.15) is 68.7 Å². The first kappa shape index (κ1) is 24.4. The Kier molecular flexibility index (Phi) is 7.17. The van der Waals surface area contributed by atoms with E-state index in [4.69, 9.17) is 4.74 Å². The van der Waals surface area contributed by atoms with Gasteiger partial charge >= 0.3 is 0 Å². The van der Waals surface area contributed by atoms with Gasteiger partial charge < -0.3 is 15.0 Å². The number of benzene rings is 2. The molecular formula is C28H35N3O2. The van der Waals surface area contributed by atoms with E-state index in [2.05, 4.69) is 56.1 Å². The van der Waals surface area contributed by atoms with Crippen LogP contribution < -0.4 is 15.0 Å². The number of hydrogen-bond donors (Lipinski definition) is 1. The van der Waals surface area contributed by atoms with E-state index in [1.54, 1.807) is 13.2 Å². The van der Waals surface area contributed by atoms with Crippen molar-refractivity contribution in [3.05, 3.63) is 58.2 Å². The number of nitrogens with one attached hydrogen (secondary N) is 1. The van der Waals surface area contributed by atoms with E-state index >= 15 is 0 Å². The molecule has 1 heterocycles. The normalized spacial score (nSPS) is 17.2. The van der Waals surface area contributed by atoms with Crippen LogP contribution >= 0.6 is 0 Å². The average Bonchev–Trinajstić information content (AvgIpc) is 2.76. The van der Waals surface area contributed by atoms with Crippen molar-refractivity contribution in [1.82, 2.24) is 0 Å². The zero-order valence-corrected chi connectivity index (χ0v) is 20.9. The van der Waals surface area contributed by atoms with E-state index in [-0.39, 0.29) is 11.1 Å². The highest BCUT2D eigenvalue weighted by molar-refractivity contribution is 6.10. The quantitative estimate of drug-likeness (QED) is 0.415. The molecule has 1 unspecified atom stereocenters. The lowest BCUT2D eigenvalue weighted by molar-refractivity contribution is -0.112. The third kappa shape index (κ3) is 5.06. The molecule has 1 N–H and O–H groups in total. The van der Waals surface area contributed by atoms with E-state index in [0.29, 0.717) is 17.4 Å². The predicted molar refractivity (Wildman–Crippen MR) is 136 cm³/mol. The molecule has 3 rings (SSSR count). The lowest BCUT2D eigenvalue weighted by atomic mass is 9.79. The molecule has 0 spiro atoms. The second kappa shape index (κ2) is 9.70. The molecule has 174 valence electrons. The summed E-state index contributed by atoms with van der Waals surface area (Å²) in [7, 11) is 1.63. The van der Waals surface area contributed by atoms with Crippen molar-refractivity contribution in [3.63, 3.8) is 0 Å². The second-order valence-electron chi connectivity index (χ2n) is 9.65. The third-order valence-corrected chi connectivity index (χ3v) is 6.61. The molecule has 1 aliphatic heterocycles. The maximum Gasteiger partial charge on any atom is 0.266 e.